The first kappa shape index (κ1) is 16.2. The Hall–Kier alpha value is -1.88. The molecule has 20 heavy (non-hydrogen) atoms. The Balaban J connectivity index is 2.61. The number of rotatable bonds is 6. The van der Waals surface area contributed by atoms with Gasteiger partial charge in [0.25, 0.3) is 0 Å². The van der Waals surface area contributed by atoms with Crippen molar-refractivity contribution < 1.29 is 19.1 Å². The highest BCUT2D eigenvalue weighted by molar-refractivity contribution is 6.32. The topological polar surface area (TPSA) is 63.7 Å². The molecule has 0 bridgehead atoms. The smallest absolute Gasteiger partial charge is 0.228 e. The first-order valence-corrected chi connectivity index (χ1v) is 6.55. The van der Waals surface area contributed by atoms with Crippen LogP contribution in [0.2, 0.25) is 5.02 Å². The molecule has 0 unspecified atom stereocenters. The number of ether oxygens (including phenoxy) is 1. The number of halogens is 1. The van der Waals surface area contributed by atoms with Crippen LogP contribution in [0.15, 0.2) is 18.2 Å². The predicted molar refractivity (Wildman–Crippen MR) is 75.0 cm³/mol. The minimum absolute atomic E-state index is 0.144. The maximum atomic E-state index is 11.5. The number of aldehydes is 1. The fourth-order valence-corrected chi connectivity index (χ4v) is 1.85. The van der Waals surface area contributed by atoms with Crippen LogP contribution in [0.4, 0.5) is 0 Å². The molecule has 2 amide bonds. The molecule has 0 radical (unpaired) electrons. The first-order valence-electron chi connectivity index (χ1n) is 6.18. The second-order valence-electron chi connectivity index (χ2n) is 4.07. The Bertz CT molecular complexity index is 516. The van der Waals surface area contributed by atoms with E-state index in [9.17, 15) is 14.4 Å². The summed E-state index contributed by atoms with van der Waals surface area (Å²) in [6.45, 7) is 3.33. The number of hydrogen-bond acceptors (Lipinski definition) is 4. The maximum absolute atomic E-state index is 11.5. The Labute approximate surface area is 122 Å². The van der Waals surface area contributed by atoms with Gasteiger partial charge in [0.05, 0.1) is 11.6 Å². The van der Waals surface area contributed by atoms with Crippen LogP contribution < -0.4 is 4.74 Å². The van der Waals surface area contributed by atoms with Crippen molar-refractivity contribution in [2.24, 2.45) is 0 Å². The highest BCUT2D eigenvalue weighted by Crippen LogP contribution is 2.24. The van der Waals surface area contributed by atoms with Crippen molar-refractivity contribution in [3.8, 4) is 5.75 Å². The third-order valence-electron chi connectivity index (χ3n) is 2.65. The number of hydrogen-bond donors (Lipinski definition) is 0. The third kappa shape index (κ3) is 4.35. The minimum Gasteiger partial charge on any atom is -0.490 e. The van der Waals surface area contributed by atoms with E-state index in [4.69, 9.17) is 16.3 Å². The van der Waals surface area contributed by atoms with Gasteiger partial charge in [-0.05, 0) is 18.2 Å². The molecule has 1 rings (SSSR count). The fraction of sp³-hybridized carbons (Fsp3) is 0.357. The molecule has 0 fully saturated rings. The highest BCUT2D eigenvalue weighted by atomic mass is 35.5. The van der Waals surface area contributed by atoms with Gasteiger partial charge in [0.2, 0.25) is 11.8 Å². The van der Waals surface area contributed by atoms with Gasteiger partial charge >= 0.3 is 0 Å². The van der Waals surface area contributed by atoms with Crippen LogP contribution in [0.3, 0.4) is 0 Å². The Morgan fingerprint density at radius 3 is 2.60 bits per heavy atom. The van der Waals surface area contributed by atoms with Crippen molar-refractivity contribution in [3.63, 3.8) is 0 Å². The molecule has 108 valence electrons. The summed E-state index contributed by atoms with van der Waals surface area (Å²) in [7, 11) is 0. The molecule has 1 aromatic carbocycles. The molecule has 0 saturated carbocycles. The molecule has 0 N–H and O–H groups in total. The molecular weight excluding hydrogens is 282 g/mol. The summed E-state index contributed by atoms with van der Waals surface area (Å²) in [5.74, 6) is -0.156. The van der Waals surface area contributed by atoms with E-state index in [-0.39, 0.29) is 31.4 Å². The lowest BCUT2D eigenvalue weighted by Gasteiger charge is -2.18. The van der Waals surface area contributed by atoms with Crippen molar-refractivity contribution in [2.75, 3.05) is 13.2 Å². The van der Waals surface area contributed by atoms with Crippen molar-refractivity contribution in [3.05, 3.63) is 28.8 Å². The summed E-state index contributed by atoms with van der Waals surface area (Å²) in [5, 5.41) is 0.311. The zero-order valence-electron chi connectivity index (χ0n) is 11.4. The molecule has 0 saturated heterocycles. The minimum atomic E-state index is -0.317. The lowest BCUT2D eigenvalue weighted by atomic mass is 10.2. The number of imide groups is 1. The van der Waals surface area contributed by atoms with Crippen LogP contribution in [0.5, 0.6) is 5.75 Å². The maximum Gasteiger partial charge on any atom is 0.228 e. The van der Waals surface area contributed by atoms with Crippen LogP contribution in [-0.4, -0.2) is 36.2 Å². The third-order valence-corrected chi connectivity index (χ3v) is 2.94. The zero-order valence-corrected chi connectivity index (χ0v) is 12.1. The van der Waals surface area contributed by atoms with Gasteiger partial charge in [-0.15, -0.1) is 0 Å². The van der Waals surface area contributed by atoms with E-state index >= 15 is 0 Å². The Kier molecular flexibility index (Phi) is 6.18. The van der Waals surface area contributed by atoms with E-state index < -0.39 is 0 Å². The molecule has 0 aliphatic carbocycles. The quantitative estimate of drug-likeness (QED) is 0.756. The van der Waals surface area contributed by atoms with E-state index in [1.54, 1.807) is 19.1 Å². The molecular formula is C14H16ClNO4. The first-order chi connectivity index (χ1) is 9.49. The number of benzene rings is 1. The number of carbonyl (C=O) groups excluding carboxylic acids is 3. The molecule has 0 aromatic heterocycles. The van der Waals surface area contributed by atoms with Gasteiger partial charge in [-0.1, -0.05) is 18.5 Å². The van der Waals surface area contributed by atoms with E-state index in [0.717, 1.165) is 4.90 Å². The van der Waals surface area contributed by atoms with Gasteiger partial charge in [-0.25, -0.2) is 0 Å². The van der Waals surface area contributed by atoms with Crippen LogP contribution in [-0.2, 0) is 9.59 Å². The normalized spacial score (nSPS) is 9.95. The summed E-state index contributed by atoms with van der Waals surface area (Å²) in [6, 6.07) is 4.64. The van der Waals surface area contributed by atoms with E-state index in [1.807, 2.05) is 0 Å². The molecule has 5 nitrogen and oxygen atoms in total. The van der Waals surface area contributed by atoms with Crippen molar-refractivity contribution in [1.82, 2.24) is 4.90 Å². The predicted octanol–water partition coefficient (Wildman–Crippen LogP) is 2.32. The van der Waals surface area contributed by atoms with Crippen molar-refractivity contribution in [2.45, 2.75) is 20.3 Å². The van der Waals surface area contributed by atoms with Gasteiger partial charge in [0.1, 0.15) is 18.6 Å². The van der Waals surface area contributed by atoms with Gasteiger partial charge in [0, 0.05) is 18.9 Å². The van der Waals surface area contributed by atoms with E-state index in [0.29, 0.717) is 22.6 Å². The average Bonchev–Trinajstić information content (AvgIpc) is 2.43. The average molecular weight is 298 g/mol. The molecule has 0 aliphatic rings. The van der Waals surface area contributed by atoms with Gasteiger partial charge in [-0.2, -0.15) is 0 Å². The van der Waals surface area contributed by atoms with E-state index in [1.165, 1.54) is 13.0 Å². The summed E-state index contributed by atoms with van der Waals surface area (Å²) in [6.07, 6.45) is 0.946. The summed E-state index contributed by atoms with van der Waals surface area (Å²) in [4.78, 5) is 34.6. The van der Waals surface area contributed by atoms with E-state index in [2.05, 4.69) is 0 Å². The lowest BCUT2D eigenvalue weighted by molar-refractivity contribution is -0.143. The standard InChI is InChI=1S/C14H16ClNO4/c1-3-14(19)16(10(2)18)6-7-20-13-5-4-11(9-17)8-12(13)15/h4-5,8-9H,3,6-7H2,1-2H3. The van der Waals surface area contributed by atoms with Crippen LogP contribution in [0, 0.1) is 0 Å². The molecule has 1 aromatic rings. The molecule has 6 heteroatoms. The number of carbonyl (C=O) groups is 3. The molecule has 0 spiro atoms. The summed E-state index contributed by atoms with van der Waals surface area (Å²) < 4.78 is 5.42. The van der Waals surface area contributed by atoms with Gasteiger partial charge < -0.3 is 4.74 Å². The van der Waals surface area contributed by atoms with Crippen LogP contribution in [0.1, 0.15) is 30.6 Å². The fourth-order valence-electron chi connectivity index (χ4n) is 1.60. The van der Waals surface area contributed by atoms with Gasteiger partial charge in [-0.3, -0.25) is 19.3 Å². The largest absolute Gasteiger partial charge is 0.490 e. The molecule has 0 heterocycles. The monoisotopic (exact) mass is 297 g/mol. The van der Waals surface area contributed by atoms with Crippen LogP contribution in [0.25, 0.3) is 0 Å². The molecule has 0 atom stereocenters. The van der Waals surface area contributed by atoms with Crippen molar-refractivity contribution in [1.29, 1.82) is 0 Å². The summed E-state index contributed by atoms with van der Waals surface area (Å²) in [5.41, 5.74) is 0.453. The number of amides is 2. The second kappa shape index (κ2) is 7.65. The van der Waals surface area contributed by atoms with Crippen LogP contribution >= 0.6 is 11.6 Å². The number of nitrogens with zero attached hydrogens (tertiary/aromatic N) is 1. The molecule has 0 aliphatic heterocycles. The Morgan fingerprint density at radius 2 is 2.10 bits per heavy atom. The highest BCUT2D eigenvalue weighted by Gasteiger charge is 2.16. The SMILES string of the molecule is CCC(=O)N(CCOc1ccc(C=O)cc1Cl)C(C)=O. The lowest BCUT2D eigenvalue weighted by Crippen LogP contribution is -2.37. The second-order valence-corrected chi connectivity index (χ2v) is 4.48. The Morgan fingerprint density at radius 1 is 1.40 bits per heavy atom. The van der Waals surface area contributed by atoms with Crippen molar-refractivity contribution >= 4 is 29.7 Å². The summed E-state index contributed by atoms with van der Waals surface area (Å²) >= 11 is 5.94. The van der Waals surface area contributed by atoms with Gasteiger partial charge in [0.15, 0.2) is 0 Å². The zero-order chi connectivity index (χ0) is 15.1.